The van der Waals surface area contributed by atoms with Crippen molar-refractivity contribution in [2.24, 2.45) is 0 Å². The zero-order chi connectivity index (χ0) is 24.5. The van der Waals surface area contributed by atoms with Crippen LogP contribution in [0.3, 0.4) is 0 Å². The summed E-state index contributed by atoms with van der Waals surface area (Å²) in [5.41, 5.74) is 0.960. The molecule has 0 aliphatic carbocycles. The molecule has 0 unspecified atom stereocenters. The Morgan fingerprint density at radius 2 is 1.26 bits per heavy atom. The van der Waals surface area contributed by atoms with Crippen LogP contribution >= 0.6 is 34.8 Å². The van der Waals surface area contributed by atoms with Gasteiger partial charge in [-0.1, -0.05) is 34.8 Å². The molecule has 176 valence electrons. The SMILES string of the molecule is O=C(CCC(=O)OCC(=O)Nc1ccc(Cl)c(Cl)c1)Nc1ccc(Oc2ccc(Cl)cc2)cc1. The fourth-order valence-corrected chi connectivity index (χ4v) is 3.10. The number of anilines is 2. The fourth-order valence-electron chi connectivity index (χ4n) is 2.67. The number of benzene rings is 3. The van der Waals surface area contributed by atoms with E-state index < -0.39 is 18.5 Å². The van der Waals surface area contributed by atoms with E-state index in [1.54, 1.807) is 54.6 Å². The lowest BCUT2D eigenvalue weighted by Gasteiger charge is -2.09. The summed E-state index contributed by atoms with van der Waals surface area (Å²) in [5.74, 6) is -0.375. The Hall–Kier alpha value is -3.26. The molecule has 10 heteroatoms. The maximum atomic E-state index is 12.1. The second-order valence-electron chi connectivity index (χ2n) is 6.97. The van der Waals surface area contributed by atoms with Gasteiger partial charge >= 0.3 is 5.97 Å². The monoisotopic (exact) mass is 520 g/mol. The molecule has 0 saturated carbocycles. The Balaban J connectivity index is 1.36. The van der Waals surface area contributed by atoms with Crippen LogP contribution in [0.2, 0.25) is 15.1 Å². The Morgan fingerprint density at radius 3 is 1.91 bits per heavy atom. The van der Waals surface area contributed by atoms with Crippen LogP contribution in [-0.2, 0) is 19.1 Å². The molecule has 0 heterocycles. The van der Waals surface area contributed by atoms with E-state index in [-0.39, 0.29) is 23.8 Å². The molecule has 0 aliphatic rings. The highest BCUT2D eigenvalue weighted by Gasteiger charge is 2.12. The molecule has 0 aromatic heterocycles. The summed E-state index contributed by atoms with van der Waals surface area (Å²) in [6.45, 7) is -0.490. The minimum absolute atomic E-state index is 0.101. The van der Waals surface area contributed by atoms with Crippen molar-refractivity contribution in [2.75, 3.05) is 17.2 Å². The van der Waals surface area contributed by atoms with E-state index in [1.165, 1.54) is 12.1 Å². The highest BCUT2D eigenvalue weighted by Crippen LogP contribution is 2.25. The fraction of sp³-hybridized carbons (Fsp3) is 0.125. The number of halogens is 3. The molecular formula is C24H19Cl3N2O5. The molecular weight excluding hydrogens is 503 g/mol. The number of hydrogen-bond donors (Lipinski definition) is 2. The van der Waals surface area contributed by atoms with Crippen LogP contribution in [0.5, 0.6) is 11.5 Å². The first kappa shape index (κ1) is 25.4. The van der Waals surface area contributed by atoms with Crippen molar-refractivity contribution in [3.63, 3.8) is 0 Å². The molecule has 7 nitrogen and oxygen atoms in total. The summed E-state index contributed by atoms with van der Waals surface area (Å²) in [4.78, 5) is 35.8. The first-order chi connectivity index (χ1) is 16.3. The van der Waals surface area contributed by atoms with E-state index in [9.17, 15) is 14.4 Å². The highest BCUT2D eigenvalue weighted by atomic mass is 35.5. The molecule has 0 aliphatic heterocycles. The van der Waals surface area contributed by atoms with Gasteiger partial charge in [-0.05, 0) is 66.7 Å². The smallest absolute Gasteiger partial charge is 0.306 e. The summed E-state index contributed by atoms with van der Waals surface area (Å²) in [6.07, 6.45) is -0.278. The van der Waals surface area contributed by atoms with E-state index >= 15 is 0 Å². The summed E-state index contributed by atoms with van der Waals surface area (Å²) in [6, 6.07) is 18.3. The van der Waals surface area contributed by atoms with Gasteiger partial charge < -0.3 is 20.1 Å². The highest BCUT2D eigenvalue weighted by molar-refractivity contribution is 6.42. The number of nitrogens with one attached hydrogen (secondary N) is 2. The molecule has 0 fully saturated rings. The molecule has 0 saturated heterocycles. The molecule has 2 N–H and O–H groups in total. The average molecular weight is 522 g/mol. The zero-order valence-electron chi connectivity index (χ0n) is 17.6. The van der Waals surface area contributed by atoms with Crippen molar-refractivity contribution >= 4 is 64.0 Å². The van der Waals surface area contributed by atoms with Crippen molar-refractivity contribution in [2.45, 2.75) is 12.8 Å². The minimum atomic E-state index is -0.675. The van der Waals surface area contributed by atoms with E-state index in [0.717, 1.165) is 0 Å². The number of carbonyl (C=O) groups excluding carboxylic acids is 3. The first-order valence-corrected chi connectivity index (χ1v) is 11.2. The van der Waals surface area contributed by atoms with Crippen molar-refractivity contribution < 1.29 is 23.9 Å². The predicted octanol–water partition coefficient (Wildman–Crippen LogP) is 6.34. The molecule has 0 spiro atoms. The quantitative estimate of drug-likeness (QED) is 0.321. The molecule has 3 aromatic rings. The molecule has 3 aromatic carbocycles. The third kappa shape index (κ3) is 8.26. The number of rotatable bonds is 9. The lowest BCUT2D eigenvalue weighted by molar-refractivity contribution is -0.147. The van der Waals surface area contributed by atoms with Gasteiger partial charge in [0.2, 0.25) is 5.91 Å². The number of esters is 1. The number of ether oxygens (including phenoxy) is 2. The summed E-state index contributed by atoms with van der Waals surface area (Å²) in [7, 11) is 0. The summed E-state index contributed by atoms with van der Waals surface area (Å²) in [5, 5.41) is 6.46. The third-order valence-corrected chi connectivity index (χ3v) is 5.30. The van der Waals surface area contributed by atoms with Gasteiger partial charge in [-0.25, -0.2) is 0 Å². The van der Waals surface area contributed by atoms with Crippen molar-refractivity contribution in [3.05, 3.63) is 81.8 Å². The lowest BCUT2D eigenvalue weighted by atomic mass is 10.2. The summed E-state index contributed by atoms with van der Waals surface area (Å²) >= 11 is 17.5. The van der Waals surface area contributed by atoms with E-state index in [1.807, 2.05) is 0 Å². The maximum absolute atomic E-state index is 12.1. The van der Waals surface area contributed by atoms with Crippen LogP contribution in [0, 0.1) is 0 Å². The zero-order valence-corrected chi connectivity index (χ0v) is 19.9. The standard InChI is InChI=1S/C24H19Cl3N2O5/c25-15-1-6-18(7-2-15)34-19-8-3-16(4-9-19)28-22(30)11-12-24(32)33-14-23(31)29-17-5-10-20(26)21(27)13-17/h1-10,13H,11-12,14H2,(H,28,30)(H,29,31). The Morgan fingerprint density at radius 1 is 0.676 bits per heavy atom. The van der Waals surface area contributed by atoms with Crippen LogP contribution in [0.1, 0.15) is 12.8 Å². The van der Waals surface area contributed by atoms with Crippen molar-refractivity contribution in [1.29, 1.82) is 0 Å². The molecule has 0 radical (unpaired) electrons. The van der Waals surface area contributed by atoms with Crippen LogP contribution in [0.25, 0.3) is 0 Å². The topological polar surface area (TPSA) is 93.7 Å². The van der Waals surface area contributed by atoms with Crippen LogP contribution in [0.15, 0.2) is 66.7 Å². The number of amides is 2. The van der Waals surface area contributed by atoms with Gasteiger partial charge in [-0.2, -0.15) is 0 Å². The predicted molar refractivity (Wildman–Crippen MR) is 132 cm³/mol. The average Bonchev–Trinajstić information content (AvgIpc) is 2.81. The van der Waals surface area contributed by atoms with Gasteiger partial charge in [0.25, 0.3) is 5.91 Å². The molecule has 34 heavy (non-hydrogen) atoms. The Kier molecular flexibility index (Phi) is 9.16. The van der Waals surface area contributed by atoms with Crippen LogP contribution in [-0.4, -0.2) is 24.4 Å². The van der Waals surface area contributed by atoms with Crippen LogP contribution < -0.4 is 15.4 Å². The lowest BCUT2D eigenvalue weighted by Crippen LogP contribution is -2.21. The Labute approximate surface area is 210 Å². The molecule has 3 rings (SSSR count). The van der Waals surface area contributed by atoms with Crippen molar-refractivity contribution in [3.8, 4) is 11.5 Å². The van der Waals surface area contributed by atoms with E-state index in [2.05, 4.69) is 10.6 Å². The van der Waals surface area contributed by atoms with Gasteiger partial charge in [0.1, 0.15) is 11.5 Å². The molecule has 2 amide bonds. The number of carbonyl (C=O) groups is 3. The van der Waals surface area contributed by atoms with Gasteiger partial charge in [-0.3, -0.25) is 14.4 Å². The van der Waals surface area contributed by atoms with E-state index in [4.69, 9.17) is 44.3 Å². The normalized spacial score (nSPS) is 10.3. The molecule has 0 bridgehead atoms. The van der Waals surface area contributed by atoms with Crippen LogP contribution in [0.4, 0.5) is 11.4 Å². The number of hydrogen-bond acceptors (Lipinski definition) is 5. The second-order valence-corrected chi connectivity index (χ2v) is 8.22. The third-order valence-electron chi connectivity index (χ3n) is 4.31. The van der Waals surface area contributed by atoms with Gasteiger partial charge in [0, 0.05) is 22.8 Å². The Bertz CT molecular complexity index is 1170. The minimum Gasteiger partial charge on any atom is -0.457 e. The van der Waals surface area contributed by atoms with Gasteiger partial charge in [0.05, 0.1) is 16.5 Å². The van der Waals surface area contributed by atoms with Gasteiger partial charge in [-0.15, -0.1) is 0 Å². The molecule has 0 atom stereocenters. The summed E-state index contributed by atoms with van der Waals surface area (Å²) < 4.78 is 10.6. The van der Waals surface area contributed by atoms with E-state index in [0.29, 0.717) is 32.9 Å². The second kappa shape index (κ2) is 12.3. The van der Waals surface area contributed by atoms with Crippen molar-refractivity contribution in [1.82, 2.24) is 0 Å². The maximum Gasteiger partial charge on any atom is 0.306 e. The first-order valence-electron chi connectivity index (χ1n) is 10.0. The largest absolute Gasteiger partial charge is 0.457 e. The van der Waals surface area contributed by atoms with Gasteiger partial charge in [0.15, 0.2) is 6.61 Å².